The van der Waals surface area contributed by atoms with Crippen LogP contribution in [0.3, 0.4) is 0 Å². The number of benzene rings is 3. The summed E-state index contributed by atoms with van der Waals surface area (Å²) < 4.78 is 28.7. The van der Waals surface area contributed by atoms with Gasteiger partial charge in [0.2, 0.25) is 11.8 Å². The van der Waals surface area contributed by atoms with E-state index in [0.717, 1.165) is 9.87 Å². The number of carbonyl (C=O) groups excluding carboxylic acids is 2. The number of amides is 2. The van der Waals surface area contributed by atoms with Gasteiger partial charge in [0.1, 0.15) is 12.6 Å². The molecule has 38 heavy (non-hydrogen) atoms. The molecule has 0 radical (unpaired) electrons. The fraction of sp³-hybridized carbons (Fsp3) is 0.310. The van der Waals surface area contributed by atoms with E-state index in [0.29, 0.717) is 16.3 Å². The normalized spacial score (nSPS) is 12.5. The maximum Gasteiger partial charge on any atom is 0.264 e. The third-order valence-electron chi connectivity index (χ3n) is 5.90. The lowest BCUT2D eigenvalue weighted by Crippen LogP contribution is -2.54. The molecule has 0 aliphatic carbocycles. The van der Waals surface area contributed by atoms with E-state index >= 15 is 0 Å². The van der Waals surface area contributed by atoms with E-state index in [4.69, 9.17) is 11.6 Å². The molecule has 0 heterocycles. The van der Waals surface area contributed by atoms with Gasteiger partial charge in [-0.25, -0.2) is 8.42 Å². The topological polar surface area (TPSA) is 86.8 Å². The van der Waals surface area contributed by atoms with Crippen LogP contribution >= 0.6 is 11.6 Å². The van der Waals surface area contributed by atoms with E-state index in [-0.39, 0.29) is 17.3 Å². The first-order valence-corrected chi connectivity index (χ1v) is 14.1. The molecule has 0 bridgehead atoms. The first kappa shape index (κ1) is 29.2. The molecular weight excluding hydrogens is 522 g/mol. The van der Waals surface area contributed by atoms with Crippen molar-refractivity contribution < 1.29 is 18.0 Å². The number of hydrogen-bond donors (Lipinski definition) is 1. The van der Waals surface area contributed by atoms with Crippen molar-refractivity contribution in [2.45, 2.75) is 57.6 Å². The molecule has 0 unspecified atom stereocenters. The Hall–Kier alpha value is -3.36. The highest BCUT2D eigenvalue weighted by molar-refractivity contribution is 7.92. The fourth-order valence-electron chi connectivity index (χ4n) is 3.96. The number of hydrogen-bond acceptors (Lipinski definition) is 4. The van der Waals surface area contributed by atoms with Crippen molar-refractivity contribution in [3.8, 4) is 0 Å². The molecule has 1 N–H and O–H groups in total. The first-order valence-electron chi connectivity index (χ1n) is 12.3. The van der Waals surface area contributed by atoms with Crippen molar-refractivity contribution in [2.24, 2.45) is 0 Å². The van der Waals surface area contributed by atoms with Gasteiger partial charge in [0, 0.05) is 17.1 Å². The Morgan fingerprint density at radius 2 is 1.58 bits per heavy atom. The number of anilines is 1. The van der Waals surface area contributed by atoms with Gasteiger partial charge in [-0.1, -0.05) is 60.1 Å². The van der Waals surface area contributed by atoms with Gasteiger partial charge in [-0.15, -0.1) is 0 Å². The Kier molecular flexibility index (Phi) is 9.22. The Balaban J connectivity index is 2.04. The third kappa shape index (κ3) is 7.36. The lowest BCUT2D eigenvalue weighted by molar-refractivity contribution is -0.140. The minimum Gasteiger partial charge on any atom is -0.350 e. The van der Waals surface area contributed by atoms with Crippen LogP contribution in [0.25, 0.3) is 0 Å². The van der Waals surface area contributed by atoms with Crippen molar-refractivity contribution in [3.05, 3.63) is 95.0 Å². The number of para-hydroxylation sites is 1. The highest BCUT2D eigenvalue weighted by Crippen LogP contribution is 2.27. The fourth-order valence-corrected chi connectivity index (χ4v) is 5.68. The maximum absolute atomic E-state index is 13.9. The van der Waals surface area contributed by atoms with Gasteiger partial charge in [-0.2, -0.15) is 0 Å². The average molecular weight is 556 g/mol. The third-order valence-corrected chi connectivity index (χ3v) is 7.91. The smallest absolute Gasteiger partial charge is 0.264 e. The molecule has 0 saturated heterocycles. The second-order valence-corrected chi connectivity index (χ2v) is 12.5. The molecule has 0 aromatic heterocycles. The molecule has 0 spiro atoms. The van der Waals surface area contributed by atoms with Crippen LogP contribution < -0.4 is 9.62 Å². The molecule has 7 nitrogen and oxygen atoms in total. The quantitative estimate of drug-likeness (QED) is 0.394. The Morgan fingerprint density at radius 1 is 0.947 bits per heavy atom. The number of sulfonamides is 1. The molecular formula is C29H34ClN3O4S. The molecule has 0 aliphatic rings. The zero-order chi connectivity index (χ0) is 28.1. The van der Waals surface area contributed by atoms with Crippen molar-refractivity contribution >= 4 is 39.1 Å². The molecule has 9 heteroatoms. The van der Waals surface area contributed by atoms with Crippen LogP contribution in [0, 0.1) is 6.92 Å². The Morgan fingerprint density at radius 3 is 2.18 bits per heavy atom. The highest BCUT2D eigenvalue weighted by Gasteiger charge is 2.33. The molecule has 0 saturated carbocycles. The summed E-state index contributed by atoms with van der Waals surface area (Å²) in [4.78, 5) is 28.5. The van der Waals surface area contributed by atoms with Gasteiger partial charge < -0.3 is 10.2 Å². The number of carbonyl (C=O) groups is 2. The first-order chi connectivity index (χ1) is 17.8. The summed E-state index contributed by atoms with van der Waals surface area (Å²) in [5.74, 6) is -0.870. The Labute approximate surface area is 230 Å². The van der Waals surface area contributed by atoms with Gasteiger partial charge in [0.05, 0.1) is 10.6 Å². The monoisotopic (exact) mass is 555 g/mol. The summed E-state index contributed by atoms with van der Waals surface area (Å²) in [7, 11) is -4.10. The van der Waals surface area contributed by atoms with Crippen molar-refractivity contribution in [2.75, 3.05) is 10.8 Å². The predicted octanol–water partition coefficient (Wildman–Crippen LogP) is 5.18. The summed E-state index contributed by atoms with van der Waals surface area (Å²) in [6.45, 7) is 8.57. The molecule has 3 aromatic carbocycles. The largest absolute Gasteiger partial charge is 0.350 e. The van der Waals surface area contributed by atoms with Crippen molar-refractivity contribution in [3.63, 3.8) is 0 Å². The zero-order valence-corrected chi connectivity index (χ0v) is 23.9. The second kappa shape index (κ2) is 12.0. The Bertz CT molecular complexity index is 1390. The van der Waals surface area contributed by atoms with Crippen LogP contribution in [-0.2, 0) is 26.2 Å². The van der Waals surface area contributed by atoms with E-state index in [9.17, 15) is 18.0 Å². The lowest BCUT2D eigenvalue weighted by Gasteiger charge is -2.33. The molecule has 0 fully saturated rings. The number of nitrogens with zero attached hydrogens (tertiary/aromatic N) is 2. The lowest BCUT2D eigenvalue weighted by atomic mass is 10.1. The minimum absolute atomic E-state index is 0.0657. The molecule has 2 amide bonds. The maximum atomic E-state index is 13.9. The second-order valence-electron chi connectivity index (χ2n) is 10.2. The van der Waals surface area contributed by atoms with Gasteiger partial charge >= 0.3 is 0 Å². The predicted molar refractivity (Wildman–Crippen MR) is 152 cm³/mol. The summed E-state index contributed by atoms with van der Waals surface area (Å²) in [5.41, 5.74) is 1.29. The summed E-state index contributed by atoms with van der Waals surface area (Å²) >= 11 is 6.18. The van der Waals surface area contributed by atoms with Gasteiger partial charge in [-0.3, -0.25) is 13.9 Å². The number of halogens is 1. The molecule has 0 aliphatic heterocycles. The molecule has 3 rings (SSSR count). The van der Waals surface area contributed by atoms with Crippen LogP contribution in [0.1, 0.15) is 38.8 Å². The summed E-state index contributed by atoms with van der Waals surface area (Å²) in [6, 6.07) is 21.1. The SMILES string of the molecule is Cc1ccccc1N(CC(=O)N(Cc1cccc(Cl)c1)[C@@H](C)C(=O)NC(C)(C)C)S(=O)(=O)c1ccccc1. The van der Waals surface area contributed by atoms with Crippen LogP contribution in [-0.4, -0.2) is 43.3 Å². The number of nitrogens with one attached hydrogen (secondary N) is 1. The van der Waals surface area contributed by atoms with Crippen molar-refractivity contribution in [1.29, 1.82) is 0 Å². The van der Waals surface area contributed by atoms with Crippen LogP contribution in [0.5, 0.6) is 0 Å². The number of aryl methyl sites for hydroxylation is 1. The van der Waals surface area contributed by atoms with E-state index in [2.05, 4.69) is 5.32 Å². The van der Waals surface area contributed by atoms with Crippen LogP contribution in [0.4, 0.5) is 5.69 Å². The molecule has 1 atom stereocenters. The van der Waals surface area contributed by atoms with Crippen LogP contribution in [0.15, 0.2) is 83.8 Å². The minimum atomic E-state index is -4.10. The number of rotatable bonds is 9. The average Bonchev–Trinajstić information content (AvgIpc) is 2.85. The molecule has 3 aromatic rings. The van der Waals surface area contributed by atoms with E-state index in [1.54, 1.807) is 80.6 Å². The van der Waals surface area contributed by atoms with Gasteiger partial charge in [0.15, 0.2) is 0 Å². The molecule has 202 valence electrons. The highest BCUT2D eigenvalue weighted by atomic mass is 35.5. The summed E-state index contributed by atoms with van der Waals surface area (Å²) in [5, 5.41) is 3.41. The van der Waals surface area contributed by atoms with Gasteiger partial charge in [0.25, 0.3) is 10.0 Å². The van der Waals surface area contributed by atoms with E-state index in [1.807, 2.05) is 20.8 Å². The van der Waals surface area contributed by atoms with E-state index < -0.39 is 34.1 Å². The van der Waals surface area contributed by atoms with Crippen LogP contribution in [0.2, 0.25) is 5.02 Å². The zero-order valence-electron chi connectivity index (χ0n) is 22.3. The van der Waals surface area contributed by atoms with E-state index in [1.165, 1.54) is 17.0 Å². The summed E-state index contributed by atoms with van der Waals surface area (Å²) in [6.07, 6.45) is 0. The standard InChI is InChI=1S/C29H34ClN3O4S/c1-21-12-9-10-17-26(21)33(38(36,37)25-15-7-6-8-16-25)20-27(34)32(19-23-13-11-14-24(30)18-23)22(2)28(35)31-29(3,4)5/h6-18,22H,19-20H2,1-5H3,(H,31,35)/t22-/m0/s1. The van der Waals surface area contributed by atoms with Gasteiger partial charge in [-0.05, 0) is 76.1 Å². The van der Waals surface area contributed by atoms with Crippen molar-refractivity contribution in [1.82, 2.24) is 10.2 Å².